The molecule has 0 unspecified atom stereocenters. The van der Waals surface area contributed by atoms with Gasteiger partial charge in [-0.25, -0.2) is 4.39 Å². The molecule has 0 aliphatic carbocycles. The second-order valence-electron chi connectivity index (χ2n) is 9.03. The topological polar surface area (TPSA) is 33.1 Å². The summed E-state index contributed by atoms with van der Waals surface area (Å²) < 4.78 is 14.7. The molecule has 3 aliphatic heterocycles. The maximum Gasteiger partial charge on any atom is 0.131 e. The van der Waals surface area contributed by atoms with E-state index in [1.165, 1.54) is 6.07 Å². The Morgan fingerprint density at radius 3 is 2.90 bits per heavy atom. The van der Waals surface area contributed by atoms with E-state index in [0.29, 0.717) is 11.8 Å². The molecule has 0 amide bonds. The highest BCUT2D eigenvalue weighted by molar-refractivity contribution is 5.82. The summed E-state index contributed by atoms with van der Waals surface area (Å²) in [6.45, 7) is 6.78. The zero-order valence-electron chi connectivity index (χ0n) is 17.1. The fourth-order valence-corrected chi connectivity index (χ4v) is 5.96. The van der Waals surface area contributed by atoms with Gasteiger partial charge in [-0.05, 0) is 35.7 Å². The average Bonchev–Trinajstić information content (AvgIpc) is 2.78. The first kappa shape index (κ1) is 19.4. The molecule has 3 aromatic rings. The number of aromatic nitrogens is 1. The van der Waals surface area contributed by atoms with Gasteiger partial charge in [0, 0.05) is 35.9 Å². The first-order chi connectivity index (χ1) is 14.6. The maximum atomic E-state index is 13.9. The largest absolute Gasteiger partial charge is 0.382 e. The van der Waals surface area contributed by atoms with Crippen molar-refractivity contribution >= 4 is 10.9 Å². The van der Waals surface area contributed by atoms with Gasteiger partial charge in [0.05, 0.1) is 18.6 Å². The van der Waals surface area contributed by atoms with Crippen LogP contribution < -0.4 is 0 Å². The van der Waals surface area contributed by atoms with Crippen molar-refractivity contribution in [3.8, 4) is 0 Å². The van der Waals surface area contributed by atoms with Gasteiger partial charge in [-0.2, -0.15) is 0 Å². The van der Waals surface area contributed by atoms with E-state index in [4.69, 9.17) is 0 Å². The van der Waals surface area contributed by atoms with Crippen LogP contribution in [-0.4, -0.2) is 33.7 Å². The third-order valence-electron chi connectivity index (χ3n) is 7.43. The van der Waals surface area contributed by atoms with Crippen molar-refractivity contribution in [1.29, 1.82) is 0 Å². The Labute approximate surface area is 177 Å². The van der Waals surface area contributed by atoms with Crippen LogP contribution in [0.15, 0.2) is 73.4 Å². The van der Waals surface area contributed by atoms with Crippen LogP contribution in [0.1, 0.15) is 30.1 Å². The summed E-state index contributed by atoms with van der Waals surface area (Å²) in [5.74, 6) is 0.808. The lowest BCUT2D eigenvalue weighted by molar-refractivity contribution is -0.984. The Hall–Kier alpha value is -2.56. The maximum absolute atomic E-state index is 13.9. The van der Waals surface area contributed by atoms with Gasteiger partial charge in [0.25, 0.3) is 0 Å². The van der Waals surface area contributed by atoms with Gasteiger partial charge >= 0.3 is 0 Å². The Bertz CT molecular complexity index is 1080. The Kier molecular flexibility index (Phi) is 4.92. The summed E-state index contributed by atoms with van der Waals surface area (Å²) in [6.07, 6.45) is 5.39. The smallest absolute Gasteiger partial charge is 0.131 e. The van der Waals surface area contributed by atoms with Crippen molar-refractivity contribution in [2.45, 2.75) is 31.5 Å². The van der Waals surface area contributed by atoms with E-state index in [2.05, 4.69) is 17.6 Å². The van der Waals surface area contributed by atoms with E-state index in [0.717, 1.165) is 59.0 Å². The summed E-state index contributed by atoms with van der Waals surface area (Å²) in [5, 5.41) is 12.7. The van der Waals surface area contributed by atoms with E-state index in [1.807, 2.05) is 36.4 Å². The highest BCUT2D eigenvalue weighted by Gasteiger charge is 2.53. The minimum Gasteiger partial charge on any atom is -0.382 e. The second kappa shape index (κ2) is 7.60. The van der Waals surface area contributed by atoms with E-state index >= 15 is 0 Å². The van der Waals surface area contributed by atoms with Gasteiger partial charge in [0.2, 0.25) is 0 Å². The lowest BCUT2D eigenvalue weighted by Gasteiger charge is -2.58. The van der Waals surface area contributed by atoms with Gasteiger partial charge in [0.15, 0.2) is 0 Å². The van der Waals surface area contributed by atoms with Crippen molar-refractivity contribution in [2.24, 2.45) is 11.8 Å². The fraction of sp³-hybridized carbons (Fsp3) is 0.346. The summed E-state index contributed by atoms with van der Waals surface area (Å²) >= 11 is 0. The number of benzene rings is 2. The quantitative estimate of drug-likeness (QED) is 0.479. The van der Waals surface area contributed by atoms with Crippen LogP contribution in [0.2, 0.25) is 0 Å². The number of nitrogens with zero attached hydrogens (tertiary/aromatic N) is 2. The zero-order valence-corrected chi connectivity index (χ0v) is 17.1. The number of rotatable bonds is 5. The number of para-hydroxylation sites is 1. The predicted molar refractivity (Wildman–Crippen MR) is 117 cm³/mol. The molecule has 3 nitrogen and oxygen atoms in total. The molecule has 30 heavy (non-hydrogen) atoms. The van der Waals surface area contributed by atoms with Gasteiger partial charge in [0.1, 0.15) is 24.5 Å². The molecular weight excluding hydrogens is 375 g/mol. The van der Waals surface area contributed by atoms with Gasteiger partial charge < -0.3 is 9.59 Å². The van der Waals surface area contributed by atoms with Crippen molar-refractivity contribution < 1.29 is 14.0 Å². The number of halogens is 1. The van der Waals surface area contributed by atoms with Crippen LogP contribution >= 0.6 is 0 Å². The van der Waals surface area contributed by atoms with Crippen molar-refractivity contribution in [1.82, 2.24) is 4.98 Å². The van der Waals surface area contributed by atoms with Crippen LogP contribution in [0.3, 0.4) is 0 Å². The predicted octanol–water partition coefficient (Wildman–Crippen LogP) is 5.02. The number of aliphatic hydroxyl groups is 1. The highest BCUT2D eigenvalue weighted by atomic mass is 19.1. The molecule has 0 radical (unpaired) electrons. The number of hydrogen-bond acceptors (Lipinski definition) is 2. The number of pyridine rings is 1. The molecule has 154 valence electrons. The lowest BCUT2D eigenvalue weighted by atomic mass is 9.71. The van der Waals surface area contributed by atoms with Gasteiger partial charge in [-0.3, -0.25) is 4.98 Å². The molecule has 1 aromatic heterocycles. The Morgan fingerprint density at radius 1 is 1.20 bits per heavy atom. The fourth-order valence-electron chi connectivity index (χ4n) is 5.96. The number of piperidine rings is 3. The van der Waals surface area contributed by atoms with E-state index in [-0.39, 0.29) is 11.9 Å². The van der Waals surface area contributed by atoms with E-state index in [9.17, 15) is 9.50 Å². The molecule has 2 bridgehead atoms. The third-order valence-corrected chi connectivity index (χ3v) is 7.43. The minimum absolute atomic E-state index is 0.0778. The number of hydrogen-bond donors (Lipinski definition) is 1. The zero-order chi connectivity index (χ0) is 20.7. The molecule has 2 aromatic carbocycles. The van der Waals surface area contributed by atoms with E-state index < -0.39 is 6.10 Å². The van der Waals surface area contributed by atoms with Crippen molar-refractivity contribution in [2.75, 3.05) is 13.1 Å². The normalized spacial score (nSPS) is 29.1. The summed E-state index contributed by atoms with van der Waals surface area (Å²) in [7, 11) is 0. The molecule has 4 heteroatoms. The highest BCUT2D eigenvalue weighted by Crippen LogP contribution is 2.48. The minimum atomic E-state index is -0.583. The third kappa shape index (κ3) is 3.24. The first-order valence-electron chi connectivity index (χ1n) is 10.8. The van der Waals surface area contributed by atoms with Gasteiger partial charge in [-0.1, -0.05) is 36.4 Å². The number of quaternary nitrogens is 1. The molecule has 3 saturated heterocycles. The molecule has 1 N–H and O–H groups in total. The standard InChI is InChI=1S/C26H28FN2O/c1-2-19-17-29(16-18-6-5-7-21(27)14-18)13-11-20(19)15-25(29)26(30)23-10-12-28-24-9-4-3-8-22(23)24/h2-10,12,14,19-20,25-26,30H,1,11,13,15-17H2/q+1/t19-,20-,25-,26+,29+/m0/s1. The Morgan fingerprint density at radius 2 is 2.07 bits per heavy atom. The number of fused-ring (bicyclic) bond motifs is 4. The Balaban J connectivity index is 1.56. The number of aliphatic hydroxyl groups excluding tert-OH is 1. The van der Waals surface area contributed by atoms with Crippen molar-refractivity contribution in [3.63, 3.8) is 0 Å². The summed E-state index contributed by atoms with van der Waals surface area (Å²) in [6, 6.07) is 17.0. The van der Waals surface area contributed by atoms with Gasteiger partial charge in [-0.15, -0.1) is 6.58 Å². The molecule has 4 heterocycles. The van der Waals surface area contributed by atoms with Crippen molar-refractivity contribution in [3.05, 3.63) is 90.4 Å². The molecule has 0 saturated carbocycles. The molecule has 6 rings (SSSR count). The monoisotopic (exact) mass is 403 g/mol. The van der Waals surface area contributed by atoms with Crippen LogP contribution in [0.4, 0.5) is 4.39 Å². The molecule has 5 atom stereocenters. The van der Waals surface area contributed by atoms with E-state index in [1.54, 1.807) is 18.3 Å². The SMILES string of the molecule is C=C[C@H]1C[N@+]2(Cc3cccc(F)c3)CC[C@H]1C[C@H]2[C@H](O)c1ccnc2ccccc12. The van der Waals surface area contributed by atoms with Crippen LogP contribution in [0.25, 0.3) is 10.9 Å². The second-order valence-corrected chi connectivity index (χ2v) is 9.03. The lowest BCUT2D eigenvalue weighted by Crippen LogP contribution is -2.67. The molecule has 0 spiro atoms. The van der Waals surface area contributed by atoms with Crippen LogP contribution in [-0.2, 0) is 6.54 Å². The summed E-state index contributed by atoms with van der Waals surface area (Å²) in [4.78, 5) is 4.47. The molecule has 3 aliphatic rings. The molecule has 3 fully saturated rings. The van der Waals surface area contributed by atoms with Crippen LogP contribution in [0, 0.1) is 17.7 Å². The average molecular weight is 404 g/mol. The summed E-state index contributed by atoms with van der Waals surface area (Å²) in [5.41, 5.74) is 2.85. The van der Waals surface area contributed by atoms with Crippen LogP contribution in [0.5, 0.6) is 0 Å². The molecular formula is C26H28FN2O+. The first-order valence-corrected chi connectivity index (χ1v) is 10.8.